The van der Waals surface area contributed by atoms with Crippen LogP contribution in [0.4, 0.5) is 5.82 Å². The SMILES string of the molecule is COC(=O)C(C)(C)C1CCCN(c2ncnc3cc(Cl)ccc23)C1. The van der Waals surface area contributed by atoms with Crippen LogP contribution in [-0.4, -0.2) is 36.1 Å². The van der Waals surface area contributed by atoms with Crippen molar-refractivity contribution in [1.82, 2.24) is 9.97 Å². The van der Waals surface area contributed by atoms with Crippen LogP contribution >= 0.6 is 11.6 Å². The van der Waals surface area contributed by atoms with Crippen molar-refractivity contribution < 1.29 is 9.53 Å². The van der Waals surface area contributed by atoms with E-state index >= 15 is 0 Å². The van der Waals surface area contributed by atoms with Crippen LogP contribution in [0.1, 0.15) is 26.7 Å². The van der Waals surface area contributed by atoms with Crippen LogP contribution in [0.2, 0.25) is 5.02 Å². The molecule has 1 unspecified atom stereocenters. The van der Waals surface area contributed by atoms with Gasteiger partial charge in [0.05, 0.1) is 18.0 Å². The number of rotatable bonds is 3. The van der Waals surface area contributed by atoms with Gasteiger partial charge in [-0.05, 0) is 50.8 Å². The standard InChI is InChI=1S/C18H22ClN3O2/c1-18(2,17(23)24-3)12-5-4-8-22(10-12)16-14-7-6-13(19)9-15(14)20-11-21-16/h6-7,9,11-12H,4-5,8,10H2,1-3H3. The summed E-state index contributed by atoms with van der Waals surface area (Å²) < 4.78 is 4.99. The smallest absolute Gasteiger partial charge is 0.311 e. The molecule has 3 rings (SSSR count). The predicted molar refractivity (Wildman–Crippen MR) is 95.3 cm³/mol. The van der Waals surface area contributed by atoms with E-state index in [4.69, 9.17) is 16.3 Å². The maximum atomic E-state index is 12.1. The molecule has 24 heavy (non-hydrogen) atoms. The fourth-order valence-corrected chi connectivity index (χ4v) is 3.62. The van der Waals surface area contributed by atoms with Crippen molar-refractivity contribution in [2.24, 2.45) is 11.3 Å². The van der Waals surface area contributed by atoms with Crippen LogP contribution in [0, 0.1) is 11.3 Å². The van der Waals surface area contributed by atoms with E-state index in [0.717, 1.165) is 42.7 Å². The molecule has 1 aromatic carbocycles. The van der Waals surface area contributed by atoms with Crippen molar-refractivity contribution in [2.45, 2.75) is 26.7 Å². The van der Waals surface area contributed by atoms with E-state index in [0.29, 0.717) is 5.02 Å². The second-order valence-corrected chi connectivity index (χ2v) is 7.29. The van der Waals surface area contributed by atoms with Crippen molar-refractivity contribution in [2.75, 3.05) is 25.1 Å². The largest absolute Gasteiger partial charge is 0.469 e. The third-order valence-electron chi connectivity index (χ3n) is 5.03. The molecule has 0 aliphatic carbocycles. The zero-order valence-corrected chi connectivity index (χ0v) is 15.0. The minimum absolute atomic E-state index is 0.159. The first-order chi connectivity index (χ1) is 11.4. The second kappa shape index (κ2) is 6.55. The Balaban J connectivity index is 1.92. The first kappa shape index (κ1) is 17.0. The summed E-state index contributed by atoms with van der Waals surface area (Å²) in [6.45, 7) is 5.62. The molecule has 2 aromatic rings. The van der Waals surface area contributed by atoms with Gasteiger partial charge >= 0.3 is 5.97 Å². The Labute approximate surface area is 147 Å². The van der Waals surface area contributed by atoms with Gasteiger partial charge < -0.3 is 9.64 Å². The van der Waals surface area contributed by atoms with Gasteiger partial charge in [0.15, 0.2) is 0 Å². The summed E-state index contributed by atoms with van der Waals surface area (Å²) in [5.74, 6) is 0.965. The molecule has 0 amide bonds. The molecule has 128 valence electrons. The summed E-state index contributed by atoms with van der Waals surface area (Å²) >= 11 is 6.07. The van der Waals surface area contributed by atoms with Gasteiger partial charge in [-0.25, -0.2) is 9.97 Å². The number of hydrogen-bond donors (Lipinski definition) is 0. The monoisotopic (exact) mass is 347 g/mol. The number of esters is 1. The Morgan fingerprint density at radius 3 is 2.92 bits per heavy atom. The summed E-state index contributed by atoms with van der Waals surface area (Å²) in [6, 6.07) is 5.67. The highest BCUT2D eigenvalue weighted by Gasteiger charge is 2.40. The van der Waals surface area contributed by atoms with E-state index in [2.05, 4.69) is 14.9 Å². The fraction of sp³-hybridized carbons (Fsp3) is 0.500. The van der Waals surface area contributed by atoms with Gasteiger partial charge in [-0.1, -0.05) is 11.6 Å². The molecule has 0 bridgehead atoms. The number of fused-ring (bicyclic) bond motifs is 1. The van der Waals surface area contributed by atoms with Gasteiger partial charge in [0, 0.05) is 23.5 Å². The Hall–Kier alpha value is -1.88. The normalized spacial score (nSPS) is 18.7. The van der Waals surface area contributed by atoms with Crippen LogP contribution in [0.25, 0.3) is 10.9 Å². The molecule has 1 aromatic heterocycles. The first-order valence-electron chi connectivity index (χ1n) is 8.17. The lowest BCUT2D eigenvalue weighted by molar-refractivity contribution is -0.154. The molecule has 1 fully saturated rings. The third-order valence-corrected chi connectivity index (χ3v) is 5.27. The van der Waals surface area contributed by atoms with Crippen molar-refractivity contribution in [3.05, 3.63) is 29.5 Å². The Morgan fingerprint density at radius 2 is 2.17 bits per heavy atom. The number of nitrogens with zero attached hydrogens (tertiary/aromatic N) is 3. The van der Waals surface area contributed by atoms with E-state index in [9.17, 15) is 4.79 Å². The molecule has 0 spiro atoms. The zero-order chi connectivity index (χ0) is 17.3. The number of benzene rings is 1. The number of hydrogen-bond acceptors (Lipinski definition) is 5. The summed E-state index contributed by atoms with van der Waals surface area (Å²) in [5, 5.41) is 1.65. The highest BCUT2D eigenvalue weighted by atomic mass is 35.5. The molecule has 0 radical (unpaired) electrons. The minimum atomic E-state index is -0.514. The first-order valence-corrected chi connectivity index (χ1v) is 8.55. The number of piperidine rings is 1. The third kappa shape index (κ3) is 3.05. The highest BCUT2D eigenvalue weighted by Crippen LogP contribution is 2.37. The summed E-state index contributed by atoms with van der Waals surface area (Å²) in [5.41, 5.74) is 0.321. The quantitative estimate of drug-likeness (QED) is 0.792. The number of carbonyl (C=O) groups excluding carboxylic acids is 1. The van der Waals surface area contributed by atoms with Gasteiger partial charge in [0.25, 0.3) is 0 Å². The van der Waals surface area contributed by atoms with E-state index < -0.39 is 5.41 Å². The highest BCUT2D eigenvalue weighted by molar-refractivity contribution is 6.31. The van der Waals surface area contributed by atoms with Gasteiger partial charge in [-0.2, -0.15) is 0 Å². The van der Waals surface area contributed by atoms with E-state index in [1.54, 1.807) is 6.33 Å². The molecular weight excluding hydrogens is 326 g/mol. The molecule has 6 heteroatoms. The lowest BCUT2D eigenvalue weighted by Crippen LogP contribution is -2.45. The molecule has 1 atom stereocenters. The molecule has 1 aliphatic rings. The fourth-order valence-electron chi connectivity index (χ4n) is 3.46. The van der Waals surface area contributed by atoms with Gasteiger partial charge in [0.2, 0.25) is 0 Å². The number of methoxy groups -OCH3 is 1. The number of aromatic nitrogens is 2. The summed E-state index contributed by atoms with van der Waals surface area (Å²) in [6.07, 6.45) is 3.60. The predicted octanol–water partition coefficient (Wildman–Crippen LogP) is 3.70. The molecular formula is C18H22ClN3O2. The molecule has 0 saturated carbocycles. The summed E-state index contributed by atoms with van der Waals surface area (Å²) in [7, 11) is 1.45. The van der Waals surface area contributed by atoms with E-state index in [1.807, 2.05) is 32.0 Å². The maximum Gasteiger partial charge on any atom is 0.311 e. The van der Waals surface area contributed by atoms with Gasteiger partial charge in [-0.3, -0.25) is 4.79 Å². The maximum absolute atomic E-state index is 12.1. The number of anilines is 1. The van der Waals surface area contributed by atoms with Crippen molar-refractivity contribution in [3.63, 3.8) is 0 Å². The van der Waals surface area contributed by atoms with Crippen molar-refractivity contribution in [3.8, 4) is 0 Å². The van der Waals surface area contributed by atoms with E-state index in [-0.39, 0.29) is 11.9 Å². The van der Waals surface area contributed by atoms with Crippen LogP contribution in [0.3, 0.4) is 0 Å². The average molecular weight is 348 g/mol. The molecule has 5 nitrogen and oxygen atoms in total. The van der Waals surface area contributed by atoms with E-state index in [1.165, 1.54) is 7.11 Å². The Morgan fingerprint density at radius 1 is 1.38 bits per heavy atom. The van der Waals surface area contributed by atoms with Crippen LogP contribution in [0.5, 0.6) is 0 Å². The number of halogens is 1. The molecule has 2 heterocycles. The van der Waals surface area contributed by atoms with Gasteiger partial charge in [0.1, 0.15) is 12.1 Å². The van der Waals surface area contributed by atoms with Crippen LogP contribution < -0.4 is 4.90 Å². The Kier molecular flexibility index (Phi) is 4.63. The number of ether oxygens (including phenoxy) is 1. The van der Waals surface area contributed by atoms with Crippen LogP contribution in [-0.2, 0) is 9.53 Å². The number of carbonyl (C=O) groups is 1. The van der Waals surface area contributed by atoms with Gasteiger partial charge in [-0.15, -0.1) is 0 Å². The Bertz CT molecular complexity index is 763. The average Bonchev–Trinajstić information content (AvgIpc) is 2.60. The van der Waals surface area contributed by atoms with Crippen molar-refractivity contribution in [1.29, 1.82) is 0 Å². The molecule has 1 aliphatic heterocycles. The minimum Gasteiger partial charge on any atom is -0.469 e. The topological polar surface area (TPSA) is 55.3 Å². The molecule has 0 N–H and O–H groups in total. The lowest BCUT2D eigenvalue weighted by atomic mass is 9.74. The second-order valence-electron chi connectivity index (χ2n) is 6.86. The van der Waals surface area contributed by atoms with Crippen molar-refractivity contribution >= 4 is 34.3 Å². The lowest BCUT2D eigenvalue weighted by Gasteiger charge is -2.40. The van der Waals surface area contributed by atoms with Crippen LogP contribution in [0.15, 0.2) is 24.5 Å². The summed E-state index contributed by atoms with van der Waals surface area (Å²) in [4.78, 5) is 23.2. The molecule has 1 saturated heterocycles. The zero-order valence-electron chi connectivity index (χ0n) is 14.3.